The van der Waals surface area contributed by atoms with Gasteiger partial charge in [-0.3, -0.25) is 21.2 Å². The molecule has 0 amide bonds. The molecule has 17 heavy (non-hydrogen) atoms. The van der Waals surface area contributed by atoms with E-state index < -0.39 is 0 Å². The molecule has 0 fully saturated rings. The van der Waals surface area contributed by atoms with Gasteiger partial charge in [0.1, 0.15) is 0 Å². The van der Waals surface area contributed by atoms with Gasteiger partial charge in [0.2, 0.25) is 0 Å². The van der Waals surface area contributed by atoms with Gasteiger partial charge in [-0.2, -0.15) is 12.1 Å². The van der Waals surface area contributed by atoms with Crippen LogP contribution < -0.4 is 5.56 Å². The van der Waals surface area contributed by atoms with E-state index in [1.807, 2.05) is 60.7 Å². The second kappa shape index (κ2) is 4.22. The number of hydrogen-bond donors (Lipinski definition) is 0. The minimum absolute atomic E-state index is 0.506. The Bertz CT molecular complexity index is 625. The molecule has 0 spiro atoms. The number of nitrogens with zero attached hydrogens (tertiary/aromatic N) is 2. The van der Waals surface area contributed by atoms with E-state index >= 15 is 0 Å². The van der Waals surface area contributed by atoms with E-state index in [2.05, 4.69) is 10.2 Å². The average molecular weight is 222 g/mol. The van der Waals surface area contributed by atoms with Crippen molar-refractivity contribution in [2.75, 3.05) is 0 Å². The van der Waals surface area contributed by atoms with Gasteiger partial charge in [-0.15, -0.1) is 11.2 Å². The topological polar surface area (TPSA) is 37.1 Å². The molecule has 0 saturated heterocycles. The van der Waals surface area contributed by atoms with Crippen LogP contribution in [0.1, 0.15) is 0 Å². The molecule has 0 radical (unpaired) electrons. The van der Waals surface area contributed by atoms with Crippen LogP contribution in [0.2, 0.25) is 0 Å². The van der Waals surface area contributed by atoms with Crippen LogP contribution in [0.25, 0.3) is 11.3 Å². The minimum atomic E-state index is 0.506. The summed E-state index contributed by atoms with van der Waals surface area (Å²) in [6.07, 6.45) is 0. The van der Waals surface area contributed by atoms with Gasteiger partial charge in [0.05, 0.1) is 0 Å². The van der Waals surface area contributed by atoms with Crippen molar-refractivity contribution in [1.29, 1.82) is 0 Å². The van der Waals surface area contributed by atoms with Crippen molar-refractivity contribution in [1.82, 2.24) is 10.2 Å². The Morgan fingerprint density at radius 2 is 1.94 bits per heavy atom. The third-order valence-electron chi connectivity index (χ3n) is 2.45. The Morgan fingerprint density at radius 1 is 1.06 bits per heavy atom. The Balaban J connectivity index is 1.96. The molecule has 3 aromatic rings. The van der Waals surface area contributed by atoms with Crippen LogP contribution in [-0.2, 0) is 0 Å². The predicted octanol–water partition coefficient (Wildman–Crippen LogP) is 2.61. The summed E-state index contributed by atoms with van der Waals surface area (Å²) in [6, 6.07) is 19.3. The molecule has 2 aromatic carbocycles. The number of rotatable bonds is 2. The van der Waals surface area contributed by atoms with E-state index in [-0.39, 0.29) is 0 Å². The molecule has 3 heteroatoms. The molecule has 0 saturated carbocycles. The fourth-order valence-electron chi connectivity index (χ4n) is 1.62. The zero-order valence-corrected chi connectivity index (χ0v) is 9.08. The highest BCUT2D eigenvalue weighted by Crippen LogP contribution is 2.15. The van der Waals surface area contributed by atoms with Gasteiger partial charge in [0.25, 0.3) is 5.75 Å². The van der Waals surface area contributed by atoms with Gasteiger partial charge in [-0.1, -0.05) is 17.8 Å². The molecule has 3 rings (SSSR count). The van der Waals surface area contributed by atoms with Gasteiger partial charge in [-0.05, 0) is 0 Å². The van der Waals surface area contributed by atoms with Crippen molar-refractivity contribution in [3.63, 3.8) is 0 Å². The second-order valence-corrected chi connectivity index (χ2v) is 3.65. The van der Waals surface area contributed by atoms with E-state index in [1.54, 1.807) is 0 Å². The molecule has 1 aromatic heterocycles. The highest BCUT2D eigenvalue weighted by Gasteiger charge is 1.94. The maximum absolute atomic E-state index is 5.52. The Hall–Kier alpha value is -2.42. The molecule has 0 aliphatic heterocycles. The van der Waals surface area contributed by atoms with Crippen LogP contribution in [-0.4, -0.2) is 10.2 Å². The van der Waals surface area contributed by atoms with Crippen molar-refractivity contribution >= 4 is 0 Å². The lowest BCUT2D eigenvalue weighted by molar-refractivity contribution is 0.989. The van der Waals surface area contributed by atoms with Crippen LogP contribution in [0.15, 0.2) is 65.1 Å². The van der Waals surface area contributed by atoms with Crippen molar-refractivity contribution in [3.8, 4) is 17.0 Å². The zero-order valence-electron chi connectivity index (χ0n) is 9.08. The Kier molecular flexibility index (Phi) is 2.43. The Morgan fingerprint density at radius 3 is 2.59 bits per heavy atom. The van der Waals surface area contributed by atoms with Crippen LogP contribution in [0.5, 0.6) is 5.75 Å². The first-order chi connectivity index (χ1) is 8.42. The monoisotopic (exact) mass is 222 g/mol. The molecule has 0 aliphatic rings. The van der Waals surface area contributed by atoms with Crippen molar-refractivity contribution in [2.24, 2.45) is 0 Å². The van der Waals surface area contributed by atoms with Crippen molar-refractivity contribution < 1.29 is 0 Å². The zero-order chi connectivity index (χ0) is 11.5. The molecule has 0 bridgehead atoms. The first kappa shape index (κ1) is 9.78. The standard InChI is InChI=1S/C14H10N2O/c1-2-6-11(5-1)13-9-10-14(16-15-13)17-12-7-3-4-8-12/h1-10H/q-2. The van der Waals surface area contributed by atoms with E-state index in [4.69, 9.17) is 4.42 Å². The maximum atomic E-state index is 5.52. The summed E-state index contributed by atoms with van der Waals surface area (Å²) in [7, 11) is 0. The fourth-order valence-corrected chi connectivity index (χ4v) is 1.62. The van der Waals surface area contributed by atoms with E-state index in [0.29, 0.717) is 5.56 Å². The largest absolute Gasteiger partial charge is 0.392 e. The quantitative estimate of drug-likeness (QED) is 0.493. The summed E-state index contributed by atoms with van der Waals surface area (Å²) < 4.78 is 5.52. The lowest BCUT2D eigenvalue weighted by atomic mass is 10.2. The molecule has 1 heterocycles. The van der Waals surface area contributed by atoms with Gasteiger partial charge < -0.3 is 6.07 Å². The van der Waals surface area contributed by atoms with Gasteiger partial charge in [-0.25, -0.2) is 12.1 Å². The second-order valence-electron chi connectivity index (χ2n) is 3.65. The third kappa shape index (κ3) is 2.08. The van der Waals surface area contributed by atoms with E-state index in [0.717, 1.165) is 17.0 Å². The fraction of sp³-hybridized carbons (Fsp3) is 0. The summed E-state index contributed by atoms with van der Waals surface area (Å²) in [5.41, 5.74) is 2.42. The summed E-state index contributed by atoms with van der Waals surface area (Å²) in [5, 5.41) is 8.16. The maximum Gasteiger partial charge on any atom is 0.392 e. The minimum Gasteiger partial charge on any atom is -0.301 e. The van der Waals surface area contributed by atoms with Crippen LogP contribution in [0, 0.1) is 0 Å². The first-order valence-corrected chi connectivity index (χ1v) is 5.37. The summed E-state index contributed by atoms with van der Waals surface area (Å²) in [6.45, 7) is 0. The number of aromatic nitrogens is 2. The molecule has 0 unspecified atom stereocenters. The van der Waals surface area contributed by atoms with Crippen molar-refractivity contribution in [2.45, 2.75) is 0 Å². The van der Waals surface area contributed by atoms with Gasteiger partial charge in [0, 0.05) is 6.07 Å². The molecular formula is C14H10N2O-2. The van der Waals surface area contributed by atoms with E-state index in [1.165, 1.54) is 0 Å². The molecule has 0 N–H and O–H groups in total. The predicted molar refractivity (Wildman–Crippen MR) is 66.4 cm³/mol. The van der Waals surface area contributed by atoms with Crippen molar-refractivity contribution in [3.05, 3.63) is 70.6 Å². The lowest BCUT2D eigenvalue weighted by Crippen LogP contribution is -2.07. The average Bonchev–Trinajstić information content (AvgIpc) is 3.01. The molecule has 0 aliphatic carbocycles. The first-order valence-electron chi connectivity index (χ1n) is 5.37. The smallest absolute Gasteiger partial charge is 0.301 e. The molecule has 84 valence electrons. The molecule has 0 atom stereocenters. The lowest BCUT2D eigenvalue weighted by Gasteiger charge is -2.08. The van der Waals surface area contributed by atoms with Crippen LogP contribution >= 0.6 is 0 Å². The summed E-state index contributed by atoms with van der Waals surface area (Å²) in [4.78, 5) is 0. The highest BCUT2D eigenvalue weighted by molar-refractivity contribution is 5.58. The van der Waals surface area contributed by atoms with Crippen LogP contribution in [0.4, 0.5) is 0 Å². The summed E-state index contributed by atoms with van der Waals surface area (Å²) in [5.74, 6) is 0.778. The third-order valence-corrected chi connectivity index (χ3v) is 2.45. The normalized spacial score (nSPS) is 11.9. The Labute approximate surface area is 98.4 Å². The number of hydrogen-bond acceptors (Lipinski definition) is 2. The molecule has 3 nitrogen and oxygen atoms in total. The van der Waals surface area contributed by atoms with Gasteiger partial charge in [0.15, 0.2) is 0 Å². The SMILES string of the molecule is c1c[cH-]c(-[c-]2ccc(=[O+][c-]3cccc3)nn2)c1. The van der Waals surface area contributed by atoms with Crippen LogP contribution in [0.3, 0.4) is 0 Å². The summed E-state index contributed by atoms with van der Waals surface area (Å²) >= 11 is 0. The molecular weight excluding hydrogens is 212 g/mol. The van der Waals surface area contributed by atoms with E-state index in [9.17, 15) is 0 Å². The van der Waals surface area contributed by atoms with Gasteiger partial charge >= 0.3 is 5.56 Å². The highest BCUT2D eigenvalue weighted by atomic mass is 16.4.